The van der Waals surface area contributed by atoms with Gasteiger partial charge >= 0.3 is 0 Å². The minimum atomic E-state index is 0.0346. The third kappa shape index (κ3) is 2.45. The topological polar surface area (TPSA) is 27.0 Å². The third-order valence-electron chi connectivity index (χ3n) is 4.18. The molecule has 1 aliphatic rings. The first kappa shape index (κ1) is 14.7. The van der Waals surface area contributed by atoms with Crippen LogP contribution in [0.1, 0.15) is 57.2 Å². The van der Waals surface area contributed by atoms with E-state index in [4.69, 9.17) is 0 Å². The van der Waals surface area contributed by atoms with Crippen molar-refractivity contribution in [1.82, 2.24) is 0 Å². The van der Waals surface area contributed by atoms with Gasteiger partial charge in [0.15, 0.2) is 0 Å². The van der Waals surface area contributed by atoms with Gasteiger partial charge in [0.05, 0.1) is 17.2 Å². The summed E-state index contributed by atoms with van der Waals surface area (Å²) in [4.78, 5) is 2.48. The molecule has 1 aromatic carbocycles. The van der Waals surface area contributed by atoms with Crippen LogP contribution in [-0.2, 0) is 0 Å². The second-order valence-corrected chi connectivity index (χ2v) is 6.28. The number of anilines is 1. The van der Waals surface area contributed by atoms with Gasteiger partial charge in [0.1, 0.15) is 0 Å². The van der Waals surface area contributed by atoms with Crippen molar-refractivity contribution in [2.75, 3.05) is 11.4 Å². The van der Waals surface area contributed by atoms with E-state index in [2.05, 4.69) is 50.8 Å². The SMILES string of the molecule is CCCCN1c2cc(C)c(C#N)cc2C(C)=CC1(C)C. The minimum Gasteiger partial charge on any atom is -0.362 e. The Bertz CT molecular complexity index is 588. The average molecular weight is 268 g/mol. The first-order valence-corrected chi connectivity index (χ1v) is 7.43. The maximum Gasteiger partial charge on any atom is 0.0994 e. The summed E-state index contributed by atoms with van der Waals surface area (Å²) in [5, 5.41) is 9.23. The van der Waals surface area contributed by atoms with Gasteiger partial charge in [0.25, 0.3) is 0 Å². The van der Waals surface area contributed by atoms with Crippen LogP contribution in [-0.4, -0.2) is 12.1 Å². The quantitative estimate of drug-likeness (QED) is 0.796. The first-order valence-electron chi connectivity index (χ1n) is 7.43. The number of aryl methyl sites for hydroxylation is 1. The van der Waals surface area contributed by atoms with Gasteiger partial charge in [-0.3, -0.25) is 0 Å². The lowest BCUT2D eigenvalue weighted by Gasteiger charge is -2.43. The normalized spacial score (nSPS) is 16.4. The van der Waals surface area contributed by atoms with Crippen LogP contribution < -0.4 is 4.90 Å². The number of unbranched alkanes of at least 4 members (excludes halogenated alkanes) is 1. The van der Waals surface area contributed by atoms with Crippen molar-refractivity contribution in [2.45, 2.75) is 53.0 Å². The molecule has 0 saturated heterocycles. The summed E-state index contributed by atoms with van der Waals surface area (Å²) in [5.41, 5.74) is 5.65. The third-order valence-corrected chi connectivity index (χ3v) is 4.18. The molecule has 0 unspecified atom stereocenters. The molecular weight excluding hydrogens is 244 g/mol. The Hall–Kier alpha value is -1.75. The van der Waals surface area contributed by atoms with Gasteiger partial charge < -0.3 is 4.90 Å². The second-order valence-electron chi connectivity index (χ2n) is 6.28. The molecule has 0 fully saturated rings. The number of hydrogen-bond donors (Lipinski definition) is 0. The summed E-state index contributed by atoms with van der Waals surface area (Å²) in [6.07, 6.45) is 4.70. The van der Waals surface area contributed by atoms with E-state index in [1.165, 1.54) is 29.7 Å². The summed E-state index contributed by atoms with van der Waals surface area (Å²) < 4.78 is 0. The fourth-order valence-electron chi connectivity index (χ4n) is 3.07. The number of nitrogens with zero attached hydrogens (tertiary/aromatic N) is 2. The van der Waals surface area contributed by atoms with Crippen molar-refractivity contribution in [2.24, 2.45) is 0 Å². The Morgan fingerprint density at radius 2 is 1.95 bits per heavy atom. The molecule has 0 N–H and O–H groups in total. The van der Waals surface area contributed by atoms with Gasteiger partial charge in [-0.1, -0.05) is 19.4 Å². The molecule has 0 saturated carbocycles. The zero-order chi connectivity index (χ0) is 14.9. The monoisotopic (exact) mass is 268 g/mol. The van der Waals surface area contributed by atoms with Gasteiger partial charge in [0, 0.05) is 17.8 Å². The molecule has 0 aliphatic carbocycles. The predicted molar refractivity (Wildman–Crippen MR) is 85.9 cm³/mol. The molecule has 1 heterocycles. The highest BCUT2D eigenvalue weighted by molar-refractivity contribution is 5.82. The molecule has 0 atom stereocenters. The number of fused-ring (bicyclic) bond motifs is 1. The van der Waals surface area contributed by atoms with Crippen molar-refractivity contribution >= 4 is 11.3 Å². The van der Waals surface area contributed by atoms with Crippen LogP contribution in [0, 0.1) is 18.3 Å². The molecule has 2 rings (SSSR count). The van der Waals surface area contributed by atoms with E-state index in [-0.39, 0.29) is 5.54 Å². The van der Waals surface area contributed by atoms with Crippen LogP contribution in [0.4, 0.5) is 5.69 Å². The van der Waals surface area contributed by atoms with E-state index in [9.17, 15) is 5.26 Å². The molecule has 0 bridgehead atoms. The van der Waals surface area contributed by atoms with Gasteiger partial charge in [0.2, 0.25) is 0 Å². The maximum atomic E-state index is 9.23. The summed E-state index contributed by atoms with van der Waals surface area (Å²) >= 11 is 0. The van der Waals surface area contributed by atoms with Crippen LogP contribution in [0.15, 0.2) is 18.2 Å². The number of benzene rings is 1. The molecule has 0 amide bonds. The smallest absolute Gasteiger partial charge is 0.0994 e. The van der Waals surface area contributed by atoms with Crippen molar-refractivity contribution in [3.63, 3.8) is 0 Å². The lowest BCUT2D eigenvalue weighted by Crippen LogP contribution is -2.45. The average Bonchev–Trinajstić information content (AvgIpc) is 2.37. The molecule has 1 aromatic rings. The molecular formula is C18H24N2. The minimum absolute atomic E-state index is 0.0346. The van der Waals surface area contributed by atoms with Crippen molar-refractivity contribution in [3.8, 4) is 6.07 Å². The number of rotatable bonds is 3. The van der Waals surface area contributed by atoms with E-state index in [1.807, 2.05) is 13.0 Å². The van der Waals surface area contributed by atoms with E-state index >= 15 is 0 Å². The molecule has 0 aromatic heterocycles. The van der Waals surface area contributed by atoms with Gasteiger partial charge in [-0.2, -0.15) is 5.26 Å². The highest BCUT2D eigenvalue weighted by atomic mass is 15.2. The molecule has 106 valence electrons. The molecule has 2 heteroatoms. The summed E-state index contributed by atoms with van der Waals surface area (Å²) in [6, 6.07) is 6.53. The van der Waals surface area contributed by atoms with E-state index in [1.54, 1.807) is 0 Å². The maximum absolute atomic E-state index is 9.23. The Kier molecular flexibility index (Phi) is 3.90. The highest BCUT2D eigenvalue weighted by Gasteiger charge is 2.31. The van der Waals surface area contributed by atoms with Gasteiger partial charge in [-0.05, 0) is 57.4 Å². The Balaban J connectivity index is 2.58. The second kappa shape index (κ2) is 5.32. The Morgan fingerprint density at radius 3 is 2.55 bits per heavy atom. The summed E-state index contributed by atoms with van der Waals surface area (Å²) in [6.45, 7) is 12.0. The van der Waals surface area contributed by atoms with Gasteiger partial charge in [-0.25, -0.2) is 0 Å². The van der Waals surface area contributed by atoms with Crippen LogP contribution in [0.25, 0.3) is 5.57 Å². The summed E-state index contributed by atoms with van der Waals surface area (Å²) in [7, 11) is 0. The predicted octanol–water partition coefficient (Wildman–Crippen LogP) is 4.67. The highest BCUT2D eigenvalue weighted by Crippen LogP contribution is 2.40. The number of allylic oxidation sites excluding steroid dienone is 1. The molecule has 20 heavy (non-hydrogen) atoms. The lowest BCUT2D eigenvalue weighted by molar-refractivity contribution is 0.540. The van der Waals surface area contributed by atoms with E-state index in [0.717, 1.165) is 17.7 Å². The van der Waals surface area contributed by atoms with Crippen LogP contribution >= 0.6 is 0 Å². The molecule has 2 nitrogen and oxygen atoms in total. The van der Waals surface area contributed by atoms with Crippen molar-refractivity contribution < 1.29 is 0 Å². The first-order chi connectivity index (χ1) is 9.40. The fraction of sp³-hybridized carbons (Fsp3) is 0.500. The van der Waals surface area contributed by atoms with Crippen molar-refractivity contribution in [3.05, 3.63) is 34.9 Å². The lowest BCUT2D eigenvalue weighted by atomic mass is 9.87. The summed E-state index contributed by atoms with van der Waals surface area (Å²) in [5.74, 6) is 0. The largest absolute Gasteiger partial charge is 0.362 e. The molecule has 0 spiro atoms. The Labute approximate surface area is 122 Å². The van der Waals surface area contributed by atoms with Crippen LogP contribution in [0.3, 0.4) is 0 Å². The van der Waals surface area contributed by atoms with Crippen LogP contribution in [0.5, 0.6) is 0 Å². The van der Waals surface area contributed by atoms with Crippen LogP contribution in [0.2, 0.25) is 0 Å². The number of nitriles is 1. The van der Waals surface area contributed by atoms with Crippen molar-refractivity contribution in [1.29, 1.82) is 5.26 Å². The number of hydrogen-bond acceptors (Lipinski definition) is 2. The Morgan fingerprint density at radius 1 is 1.25 bits per heavy atom. The zero-order valence-electron chi connectivity index (χ0n) is 13.2. The molecule has 0 radical (unpaired) electrons. The van der Waals surface area contributed by atoms with E-state index < -0.39 is 0 Å². The zero-order valence-corrected chi connectivity index (χ0v) is 13.2. The standard InChI is InChI=1S/C18H24N2/c1-6-7-8-20-17-9-13(2)15(12-19)10-16(17)14(3)11-18(20,4)5/h9-11H,6-8H2,1-5H3. The van der Waals surface area contributed by atoms with E-state index in [0.29, 0.717) is 0 Å². The van der Waals surface area contributed by atoms with Gasteiger partial charge in [-0.15, -0.1) is 0 Å². The molecule has 1 aliphatic heterocycles. The fourth-order valence-corrected chi connectivity index (χ4v) is 3.07.